The lowest BCUT2D eigenvalue weighted by Gasteiger charge is -2.07. The molecule has 0 radical (unpaired) electrons. The molecule has 4 aromatic rings. The monoisotopic (exact) mass is 365 g/mol. The fourth-order valence-electron chi connectivity index (χ4n) is 2.90. The number of ether oxygens (including phenoxy) is 1. The first-order valence-corrected chi connectivity index (χ1v) is 8.31. The fourth-order valence-corrected chi connectivity index (χ4v) is 2.90. The van der Waals surface area contributed by atoms with Gasteiger partial charge in [-0.3, -0.25) is 0 Å². The Morgan fingerprint density at radius 2 is 2.07 bits per heavy atom. The van der Waals surface area contributed by atoms with Crippen molar-refractivity contribution in [2.75, 3.05) is 0 Å². The number of hydrogen-bond donors (Lipinski definition) is 1. The molecule has 136 valence electrons. The van der Waals surface area contributed by atoms with Gasteiger partial charge in [0.15, 0.2) is 0 Å². The van der Waals surface area contributed by atoms with Gasteiger partial charge in [0.25, 0.3) is 0 Å². The number of rotatable bonds is 4. The van der Waals surface area contributed by atoms with E-state index in [4.69, 9.17) is 9.15 Å². The number of phenolic OH excluding ortho intramolecular Hbond substituents is 1. The summed E-state index contributed by atoms with van der Waals surface area (Å²) in [6.45, 7) is 2.53. The van der Waals surface area contributed by atoms with E-state index in [0.29, 0.717) is 28.6 Å². The zero-order valence-electron chi connectivity index (χ0n) is 14.4. The Labute approximate surface area is 152 Å². The molecule has 0 atom stereocenters. The van der Waals surface area contributed by atoms with E-state index in [1.165, 1.54) is 18.2 Å². The summed E-state index contributed by atoms with van der Waals surface area (Å²) < 4.78 is 12.1. The number of aromatic nitrogens is 3. The Bertz CT molecular complexity index is 1230. The molecule has 0 aliphatic carbocycles. The minimum absolute atomic E-state index is 0.0202. The average molecular weight is 365 g/mol. The molecule has 0 unspecified atom stereocenters. The van der Waals surface area contributed by atoms with E-state index in [0.717, 1.165) is 5.52 Å². The van der Waals surface area contributed by atoms with Gasteiger partial charge >= 0.3 is 11.6 Å². The summed E-state index contributed by atoms with van der Waals surface area (Å²) in [6.07, 6.45) is 0. The predicted molar refractivity (Wildman–Crippen MR) is 96.5 cm³/mol. The van der Waals surface area contributed by atoms with Gasteiger partial charge in [-0.25, -0.2) is 14.3 Å². The Morgan fingerprint density at radius 1 is 1.22 bits per heavy atom. The molecule has 2 aromatic heterocycles. The van der Waals surface area contributed by atoms with Crippen molar-refractivity contribution < 1.29 is 19.1 Å². The van der Waals surface area contributed by atoms with Crippen LogP contribution in [0.3, 0.4) is 0 Å². The number of nitrogens with zero attached hydrogens (tertiary/aromatic N) is 3. The maximum Gasteiger partial charge on any atom is 0.338 e. The summed E-state index contributed by atoms with van der Waals surface area (Å²) in [5.41, 5.74) is 1.92. The van der Waals surface area contributed by atoms with Gasteiger partial charge < -0.3 is 14.3 Å². The summed E-state index contributed by atoms with van der Waals surface area (Å²) in [4.78, 5) is 24.1. The quantitative estimate of drug-likeness (QED) is 0.437. The molecule has 0 aliphatic heterocycles. The Hall–Kier alpha value is -3.68. The maximum atomic E-state index is 12.4. The number of phenols is 1. The van der Waals surface area contributed by atoms with E-state index in [1.807, 2.05) is 6.92 Å². The van der Waals surface area contributed by atoms with E-state index < -0.39 is 11.6 Å². The van der Waals surface area contributed by atoms with Crippen LogP contribution in [0.25, 0.3) is 22.0 Å². The normalized spacial score (nSPS) is 11.1. The van der Waals surface area contributed by atoms with E-state index >= 15 is 0 Å². The van der Waals surface area contributed by atoms with Gasteiger partial charge in [-0.05, 0) is 37.3 Å². The molecule has 4 rings (SSSR count). The topological polar surface area (TPSA) is 107 Å². The largest absolute Gasteiger partial charge is 0.508 e. The van der Waals surface area contributed by atoms with Crippen molar-refractivity contribution >= 4 is 28.0 Å². The van der Waals surface area contributed by atoms with Crippen molar-refractivity contribution in [2.45, 2.75) is 20.1 Å². The smallest absolute Gasteiger partial charge is 0.338 e. The zero-order valence-corrected chi connectivity index (χ0v) is 14.4. The highest BCUT2D eigenvalue weighted by Crippen LogP contribution is 2.23. The third kappa shape index (κ3) is 3.12. The molecule has 0 bridgehead atoms. The van der Waals surface area contributed by atoms with Crippen molar-refractivity contribution in [2.24, 2.45) is 0 Å². The molecule has 0 aliphatic rings. The second kappa shape index (κ2) is 6.56. The molecule has 8 nitrogen and oxygen atoms in total. The number of carbonyl (C=O) groups excluding carboxylic acids is 1. The number of fused-ring (bicyclic) bond motifs is 2. The summed E-state index contributed by atoms with van der Waals surface area (Å²) >= 11 is 0. The van der Waals surface area contributed by atoms with Crippen molar-refractivity contribution in [3.8, 4) is 5.75 Å². The van der Waals surface area contributed by atoms with Gasteiger partial charge in [0.05, 0.1) is 11.1 Å². The first-order valence-electron chi connectivity index (χ1n) is 8.31. The van der Waals surface area contributed by atoms with E-state index in [9.17, 15) is 14.7 Å². The molecular weight excluding hydrogens is 350 g/mol. The minimum Gasteiger partial charge on any atom is -0.508 e. The highest BCUT2D eigenvalue weighted by atomic mass is 16.5. The minimum atomic E-state index is -0.586. The van der Waals surface area contributed by atoms with Crippen LogP contribution in [0, 0.1) is 0 Å². The highest BCUT2D eigenvalue weighted by molar-refractivity contribution is 5.93. The standard InChI is InChI=1S/C19H15N3O5/c1-2-22-16-6-3-11(7-15(16)20-21-22)19(25)26-10-12-8-18(24)27-17-9-13(23)4-5-14(12)17/h3-9,23H,2,10H2,1H3. The number of aryl methyl sites for hydroxylation is 1. The van der Waals surface area contributed by atoms with E-state index in [-0.39, 0.29) is 17.9 Å². The van der Waals surface area contributed by atoms with Gasteiger partial charge in [-0.15, -0.1) is 5.10 Å². The number of esters is 1. The second-order valence-corrected chi connectivity index (χ2v) is 5.96. The molecule has 2 heterocycles. The number of aromatic hydroxyl groups is 1. The molecule has 1 N–H and O–H groups in total. The SMILES string of the molecule is CCn1nnc2cc(C(=O)OCc3cc(=O)oc4cc(O)ccc34)ccc21. The lowest BCUT2D eigenvalue weighted by atomic mass is 10.1. The van der Waals surface area contributed by atoms with Crippen LogP contribution in [0.15, 0.2) is 51.7 Å². The van der Waals surface area contributed by atoms with E-state index in [2.05, 4.69) is 10.3 Å². The third-order valence-corrected chi connectivity index (χ3v) is 4.22. The predicted octanol–water partition coefficient (Wildman–Crippen LogP) is 2.62. The number of benzene rings is 2. The molecule has 0 fully saturated rings. The summed E-state index contributed by atoms with van der Waals surface area (Å²) in [5, 5.41) is 18.2. The van der Waals surface area contributed by atoms with Gasteiger partial charge in [0, 0.05) is 29.6 Å². The van der Waals surface area contributed by atoms with Gasteiger partial charge in [0.2, 0.25) is 0 Å². The van der Waals surface area contributed by atoms with Crippen molar-refractivity contribution in [3.05, 3.63) is 64.0 Å². The summed E-state index contributed by atoms with van der Waals surface area (Å²) in [5.74, 6) is -0.559. The Balaban J connectivity index is 1.59. The molecule has 0 saturated heterocycles. The van der Waals surface area contributed by atoms with Gasteiger partial charge in [-0.1, -0.05) is 5.21 Å². The molecular formula is C19H15N3O5. The molecule has 2 aromatic carbocycles. The van der Waals surface area contributed by atoms with Crippen molar-refractivity contribution in [3.63, 3.8) is 0 Å². The highest BCUT2D eigenvalue weighted by Gasteiger charge is 2.13. The lowest BCUT2D eigenvalue weighted by molar-refractivity contribution is 0.0474. The first kappa shape index (κ1) is 16.8. The molecule has 8 heteroatoms. The second-order valence-electron chi connectivity index (χ2n) is 5.96. The van der Waals surface area contributed by atoms with Crippen molar-refractivity contribution in [1.82, 2.24) is 15.0 Å². The number of hydrogen-bond acceptors (Lipinski definition) is 7. The molecule has 27 heavy (non-hydrogen) atoms. The van der Waals surface area contributed by atoms with Crippen LogP contribution in [0.1, 0.15) is 22.8 Å². The average Bonchev–Trinajstić information content (AvgIpc) is 3.07. The van der Waals surface area contributed by atoms with Crippen LogP contribution in [-0.4, -0.2) is 26.1 Å². The van der Waals surface area contributed by atoms with Crippen LogP contribution in [0.2, 0.25) is 0 Å². The van der Waals surface area contributed by atoms with Crippen LogP contribution in [0.4, 0.5) is 0 Å². The number of carbonyl (C=O) groups is 1. The van der Waals surface area contributed by atoms with Gasteiger partial charge in [-0.2, -0.15) is 0 Å². The van der Waals surface area contributed by atoms with Gasteiger partial charge in [0.1, 0.15) is 23.5 Å². The van der Waals surface area contributed by atoms with Crippen molar-refractivity contribution in [1.29, 1.82) is 0 Å². The van der Waals surface area contributed by atoms with Crippen LogP contribution in [-0.2, 0) is 17.9 Å². The summed E-state index contributed by atoms with van der Waals surface area (Å²) in [7, 11) is 0. The molecule has 0 spiro atoms. The Kier molecular flexibility index (Phi) is 4.08. The Morgan fingerprint density at radius 3 is 2.89 bits per heavy atom. The first-order chi connectivity index (χ1) is 13.0. The third-order valence-electron chi connectivity index (χ3n) is 4.22. The van der Waals surface area contributed by atoms with E-state index in [1.54, 1.807) is 28.9 Å². The molecule has 0 saturated carbocycles. The fraction of sp³-hybridized carbons (Fsp3) is 0.158. The lowest BCUT2D eigenvalue weighted by Crippen LogP contribution is -2.08. The maximum absolute atomic E-state index is 12.4. The molecule has 0 amide bonds. The zero-order chi connectivity index (χ0) is 19.0. The van der Waals surface area contributed by atoms with Crippen LogP contribution < -0.4 is 5.63 Å². The summed E-state index contributed by atoms with van der Waals surface area (Å²) in [6, 6.07) is 10.7. The van der Waals surface area contributed by atoms with Crippen LogP contribution >= 0.6 is 0 Å². The van der Waals surface area contributed by atoms with Crippen LogP contribution in [0.5, 0.6) is 5.75 Å².